The van der Waals surface area contributed by atoms with Crippen molar-refractivity contribution in [3.05, 3.63) is 24.0 Å². The van der Waals surface area contributed by atoms with Gasteiger partial charge in [0.1, 0.15) is 0 Å². The summed E-state index contributed by atoms with van der Waals surface area (Å²) in [6.07, 6.45) is 0.538. The van der Waals surface area contributed by atoms with Crippen LogP contribution in [-0.2, 0) is 30.2 Å². The van der Waals surface area contributed by atoms with Gasteiger partial charge in [-0.25, -0.2) is 0 Å². The fourth-order valence-corrected chi connectivity index (χ4v) is 1.74. The van der Waals surface area contributed by atoms with Gasteiger partial charge in [0.2, 0.25) is 6.29 Å². The molecule has 0 aromatic carbocycles. The minimum atomic E-state index is -0.995. The van der Waals surface area contributed by atoms with Gasteiger partial charge in [0.05, 0.1) is 24.4 Å². The zero-order chi connectivity index (χ0) is 16.4. The molecule has 22 heavy (non-hydrogen) atoms. The van der Waals surface area contributed by atoms with Gasteiger partial charge in [-0.3, -0.25) is 14.6 Å². The molecule has 0 aliphatic carbocycles. The number of carbonyl (C=O) groups is 2. The molecule has 122 valence electrons. The van der Waals surface area contributed by atoms with Crippen LogP contribution in [0.3, 0.4) is 0 Å². The summed E-state index contributed by atoms with van der Waals surface area (Å²) in [6, 6.07) is 3.33. The minimum Gasteiger partial charge on any atom is -0.466 e. The van der Waals surface area contributed by atoms with Crippen molar-refractivity contribution in [1.82, 2.24) is 4.98 Å². The molecule has 1 rings (SSSR count). The predicted molar refractivity (Wildman–Crippen MR) is 80.2 cm³/mol. The Morgan fingerprint density at radius 1 is 1.18 bits per heavy atom. The van der Waals surface area contributed by atoms with Gasteiger partial charge in [-0.05, 0) is 32.9 Å². The first-order valence-corrected chi connectivity index (χ1v) is 7.25. The van der Waals surface area contributed by atoms with Crippen LogP contribution in [0.1, 0.15) is 26.5 Å². The molecule has 1 N–H and O–H groups in total. The summed E-state index contributed by atoms with van der Waals surface area (Å²) >= 11 is 0. The smallest absolute Gasteiger partial charge is 0.311 e. The van der Waals surface area contributed by atoms with E-state index < -0.39 is 18.2 Å². The molecule has 0 fully saturated rings. The molecule has 0 atom stereocenters. The highest BCUT2D eigenvalue weighted by Crippen LogP contribution is 2.14. The van der Waals surface area contributed by atoms with E-state index in [1.165, 1.54) is 0 Å². The molecule has 0 spiro atoms. The van der Waals surface area contributed by atoms with Gasteiger partial charge >= 0.3 is 5.97 Å². The first-order valence-electron chi connectivity index (χ1n) is 7.25. The normalized spacial score (nSPS) is 10.5. The highest BCUT2D eigenvalue weighted by Gasteiger charge is 2.20. The van der Waals surface area contributed by atoms with Crippen LogP contribution in [0.25, 0.3) is 0 Å². The van der Waals surface area contributed by atoms with E-state index in [2.05, 4.69) is 10.3 Å². The van der Waals surface area contributed by atoms with Crippen molar-refractivity contribution in [1.29, 1.82) is 0 Å². The molecule has 1 aromatic rings. The first-order chi connectivity index (χ1) is 10.6. The van der Waals surface area contributed by atoms with E-state index in [9.17, 15) is 9.59 Å². The number of carbonyl (C=O) groups excluding carboxylic acids is 2. The molecule has 0 unspecified atom stereocenters. The maximum atomic E-state index is 12.2. The van der Waals surface area contributed by atoms with Crippen LogP contribution in [-0.4, -0.2) is 43.0 Å². The standard InChI is InChI=1S/C15H22N2O5/c1-4-20-13(18)10-12-11(8-7-9-16-12)17-14(19)15(21-5-2)22-6-3/h7-9,15H,4-6,10H2,1-3H3,(H,17,19). The Bertz CT molecular complexity index is 487. The number of rotatable bonds is 9. The number of nitrogens with zero attached hydrogens (tertiary/aromatic N) is 1. The molecule has 0 saturated carbocycles. The van der Waals surface area contributed by atoms with E-state index >= 15 is 0 Å². The lowest BCUT2D eigenvalue weighted by Crippen LogP contribution is -2.33. The number of ether oxygens (including phenoxy) is 3. The molecular formula is C15H22N2O5. The van der Waals surface area contributed by atoms with Crippen LogP contribution in [0.5, 0.6) is 0 Å². The Hall–Kier alpha value is -1.99. The number of pyridine rings is 1. The van der Waals surface area contributed by atoms with Crippen molar-refractivity contribution < 1.29 is 23.8 Å². The minimum absolute atomic E-state index is 0.0156. The summed E-state index contributed by atoms with van der Waals surface area (Å²) in [5.74, 6) is -0.843. The second kappa shape index (κ2) is 9.86. The Morgan fingerprint density at radius 2 is 1.86 bits per heavy atom. The largest absolute Gasteiger partial charge is 0.466 e. The number of aromatic nitrogens is 1. The van der Waals surface area contributed by atoms with Crippen LogP contribution in [0.15, 0.2) is 18.3 Å². The van der Waals surface area contributed by atoms with Crippen molar-refractivity contribution >= 4 is 17.6 Å². The Labute approximate surface area is 130 Å². The van der Waals surface area contributed by atoms with E-state index in [1.807, 2.05) is 0 Å². The van der Waals surface area contributed by atoms with Gasteiger partial charge in [-0.2, -0.15) is 0 Å². The lowest BCUT2D eigenvalue weighted by atomic mass is 10.2. The number of hydrogen-bond acceptors (Lipinski definition) is 6. The second-order valence-electron chi connectivity index (χ2n) is 4.21. The average Bonchev–Trinajstić information content (AvgIpc) is 2.49. The number of anilines is 1. The summed E-state index contributed by atoms with van der Waals surface area (Å²) < 4.78 is 15.3. The van der Waals surface area contributed by atoms with Gasteiger partial charge in [0.25, 0.3) is 5.91 Å². The van der Waals surface area contributed by atoms with E-state index in [0.717, 1.165) is 0 Å². The van der Waals surface area contributed by atoms with E-state index in [-0.39, 0.29) is 6.42 Å². The Balaban J connectivity index is 2.79. The zero-order valence-corrected chi connectivity index (χ0v) is 13.1. The lowest BCUT2D eigenvalue weighted by molar-refractivity contribution is -0.164. The van der Waals surface area contributed by atoms with Crippen molar-refractivity contribution in [3.63, 3.8) is 0 Å². The van der Waals surface area contributed by atoms with Crippen molar-refractivity contribution in [2.45, 2.75) is 33.5 Å². The maximum Gasteiger partial charge on any atom is 0.311 e. The van der Waals surface area contributed by atoms with Crippen molar-refractivity contribution in [2.24, 2.45) is 0 Å². The predicted octanol–water partition coefficient (Wildman–Crippen LogP) is 1.52. The van der Waals surface area contributed by atoms with Crippen molar-refractivity contribution in [3.8, 4) is 0 Å². The van der Waals surface area contributed by atoms with Crippen LogP contribution in [0, 0.1) is 0 Å². The molecule has 0 aliphatic rings. The Kier molecular flexibility index (Phi) is 8.09. The molecule has 1 amide bonds. The van der Waals surface area contributed by atoms with Crippen molar-refractivity contribution in [2.75, 3.05) is 25.1 Å². The summed E-state index contributed by atoms with van der Waals surface area (Å²) in [7, 11) is 0. The molecular weight excluding hydrogens is 288 g/mol. The quantitative estimate of drug-likeness (QED) is 0.550. The monoisotopic (exact) mass is 310 g/mol. The highest BCUT2D eigenvalue weighted by atomic mass is 16.7. The summed E-state index contributed by atoms with van der Waals surface area (Å²) in [4.78, 5) is 27.8. The molecule has 0 bridgehead atoms. The third-order valence-corrected chi connectivity index (χ3v) is 2.62. The number of nitrogens with one attached hydrogen (secondary N) is 1. The maximum absolute atomic E-state index is 12.2. The number of esters is 1. The summed E-state index contributed by atoms with van der Waals surface area (Å²) in [5.41, 5.74) is 0.867. The number of hydrogen-bond donors (Lipinski definition) is 1. The fourth-order valence-electron chi connectivity index (χ4n) is 1.74. The fraction of sp³-hybridized carbons (Fsp3) is 0.533. The molecule has 1 heterocycles. The molecule has 1 aromatic heterocycles. The molecule has 0 radical (unpaired) electrons. The van der Waals surface area contributed by atoms with E-state index in [1.54, 1.807) is 39.1 Å². The van der Waals surface area contributed by atoms with Gasteiger partial charge in [-0.15, -0.1) is 0 Å². The third kappa shape index (κ3) is 5.79. The van der Waals surface area contributed by atoms with Crippen LogP contribution < -0.4 is 5.32 Å². The van der Waals surface area contributed by atoms with Crippen LogP contribution in [0.2, 0.25) is 0 Å². The Morgan fingerprint density at radius 3 is 2.45 bits per heavy atom. The molecule has 7 heteroatoms. The average molecular weight is 310 g/mol. The van der Waals surface area contributed by atoms with Gasteiger partial charge in [-0.1, -0.05) is 0 Å². The molecule has 7 nitrogen and oxygen atoms in total. The van der Waals surface area contributed by atoms with E-state index in [4.69, 9.17) is 14.2 Å². The van der Waals surface area contributed by atoms with Gasteiger partial charge in [0.15, 0.2) is 0 Å². The molecule has 0 saturated heterocycles. The van der Waals surface area contributed by atoms with E-state index in [0.29, 0.717) is 31.2 Å². The third-order valence-electron chi connectivity index (χ3n) is 2.62. The van der Waals surface area contributed by atoms with Gasteiger partial charge in [0, 0.05) is 19.4 Å². The number of amides is 1. The second-order valence-corrected chi connectivity index (χ2v) is 4.21. The van der Waals surface area contributed by atoms with Gasteiger partial charge < -0.3 is 19.5 Å². The topological polar surface area (TPSA) is 86.8 Å². The highest BCUT2D eigenvalue weighted by molar-refractivity contribution is 5.94. The van der Waals surface area contributed by atoms with Crippen LogP contribution >= 0.6 is 0 Å². The summed E-state index contributed by atoms with van der Waals surface area (Å²) in [6.45, 7) is 6.27. The zero-order valence-electron chi connectivity index (χ0n) is 13.1. The van der Waals surface area contributed by atoms with Crippen LogP contribution in [0.4, 0.5) is 5.69 Å². The first kappa shape index (κ1) is 18.1. The SMILES string of the molecule is CCOC(=O)Cc1ncccc1NC(=O)C(OCC)OCC. The molecule has 0 aliphatic heterocycles. The summed E-state index contributed by atoms with van der Waals surface area (Å²) in [5, 5.41) is 2.67. The lowest BCUT2D eigenvalue weighted by Gasteiger charge is -2.17.